The summed E-state index contributed by atoms with van der Waals surface area (Å²) in [6, 6.07) is 24.4. The zero-order valence-electron chi connectivity index (χ0n) is 22.4. The highest BCUT2D eigenvalue weighted by molar-refractivity contribution is 5.94. The van der Waals surface area contributed by atoms with E-state index < -0.39 is 29.2 Å². The van der Waals surface area contributed by atoms with Crippen molar-refractivity contribution in [3.05, 3.63) is 118 Å². The number of likely N-dealkylation sites (N-methyl/N-ethyl adjacent to an activating group) is 1. The molecular weight excluding hydrogens is 509 g/mol. The first kappa shape index (κ1) is 28.4. The number of nitrogens with zero attached hydrogens (tertiary/aromatic N) is 2. The molecule has 0 radical (unpaired) electrons. The van der Waals surface area contributed by atoms with Crippen LogP contribution >= 0.6 is 0 Å². The third-order valence-electron chi connectivity index (χ3n) is 6.55. The number of halogens is 1. The van der Waals surface area contributed by atoms with E-state index in [4.69, 9.17) is 0 Å². The number of carbonyl (C=O) groups excluding carboxylic acids is 2. The number of hydrogen-bond donors (Lipinski definition) is 3. The monoisotopic (exact) mass is 541 g/mol. The van der Waals surface area contributed by atoms with E-state index in [1.165, 1.54) is 35.0 Å². The van der Waals surface area contributed by atoms with Gasteiger partial charge in [-0.3, -0.25) is 19.0 Å². The van der Waals surface area contributed by atoms with Gasteiger partial charge in [0.15, 0.2) is 0 Å². The molecule has 0 aliphatic carbocycles. The van der Waals surface area contributed by atoms with Crippen molar-refractivity contribution in [1.29, 1.82) is 0 Å². The van der Waals surface area contributed by atoms with E-state index in [1.54, 1.807) is 14.0 Å². The Morgan fingerprint density at radius 3 is 2.02 bits per heavy atom. The van der Waals surface area contributed by atoms with Crippen LogP contribution < -0.4 is 21.5 Å². The summed E-state index contributed by atoms with van der Waals surface area (Å²) in [6.07, 6.45) is 2.44. The van der Waals surface area contributed by atoms with E-state index in [0.717, 1.165) is 11.1 Å². The quantitative estimate of drug-likeness (QED) is 0.269. The van der Waals surface area contributed by atoms with Crippen LogP contribution in [0.4, 0.5) is 10.1 Å². The second-order valence-electron chi connectivity index (χ2n) is 9.54. The maximum atomic E-state index is 13.6. The van der Waals surface area contributed by atoms with E-state index in [1.807, 2.05) is 60.7 Å². The van der Waals surface area contributed by atoms with Crippen molar-refractivity contribution >= 4 is 17.5 Å². The van der Waals surface area contributed by atoms with Gasteiger partial charge in [-0.25, -0.2) is 9.37 Å². The van der Waals surface area contributed by atoms with Crippen LogP contribution in [0.1, 0.15) is 18.1 Å². The van der Waals surface area contributed by atoms with Crippen LogP contribution in [0.25, 0.3) is 11.4 Å². The Labute approximate surface area is 232 Å². The van der Waals surface area contributed by atoms with E-state index >= 15 is 0 Å². The van der Waals surface area contributed by atoms with Gasteiger partial charge >= 0.3 is 0 Å². The summed E-state index contributed by atoms with van der Waals surface area (Å²) in [5.41, 5.74) is 1.94. The molecule has 0 aliphatic heterocycles. The van der Waals surface area contributed by atoms with Crippen molar-refractivity contribution in [2.45, 2.75) is 38.4 Å². The Morgan fingerprint density at radius 2 is 1.48 bits per heavy atom. The second kappa shape index (κ2) is 13.4. The number of aromatic nitrogens is 2. The van der Waals surface area contributed by atoms with Gasteiger partial charge in [0.25, 0.3) is 5.56 Å². The topological polar surface area (TPSA) is 105 Å². The summed E-state index contributed by atoms with van der Waals surface area (Å²) >= 11 is 0. The maximum absolute atomic E-state index is 13.6. The zero-order chi connectivity index (χ0) is 28.5. The fourth-order valence-electron chi connectivity index (χ4n) is 4.31. The van der Waals surface area contributed by atoms with Gasteiger partial charge in [0.05, 0.1) is 12.2 Å². The van der Waals surface area contributed by atoms with Gasteiger partial charge in [0.1, 0.15) is 23.9 Å². The molecule has 40 heavy (non-hydrogen) atoms. The summed E-state index contributed by atoms with van der Waals surface area (Å²) < 4.78 is 14.8. The summed E-state index contributed by atoms with van der Waals surface area (Å²) in [7, 11) is 1.63. The summed E-state index contributed by atoms with van der Waals surface area (Å²) in [6.45, 7) is 1.31. The van der Waals surface area contributed by atoms with Crippen LogP contribution in [-0.2, 0) is 29.0 Å². The SMILES string of the molecule is CNC(C)C(=O)Nc1cnc(-c2ccc(F)cc2)n(CC(=O)NC(Cc2ccccc2)Cc2ccccc2)c1=O. The fourth-order valence-corrected chi connectivity index (χ4v) is 4.31. The minimum absolute atomic E-state index is 0.0594. The zero-order valence-corrected chi connectivity index (χ0v) is 22.4. The number of nitrogens with one attached hydrogen (secondary N) is 3. The Balaban J connectivity index is 1.63. The summed E-state index contributed by atoms with van der Waals surface area (Å²) in [5.74, 6) is -1.07. The molecule has 0 saturated heterocycles. The lowest BCUT2D eigenvalue weighted by Crippen LogP contribution is -2.42. The van der Waals surface area contributed by atoms with Crippen LogP contribution in [0.3, 0.4) is 0 Å². The van der Waals surface area contributed by atoms with Gasteiger partial charge in [-0.05, 0) is 62.2 Å². The number of amides is 2. The molecule has 3 aromatic carbocycles. The van der Waals surface area contributed by atoms with Crippen LogP contribution in [0.2, 0.25) is 0 Å². The highest BCUT2D eigenvalue weighted by Crippen LogP contribution is 2.18. The lowest BCUT2D eigenvalue weighted by atomic mass is 9.99. The molecule has 4 aromatic rings. The predicted octanol–water partition coefficient (Wildman–Crippen LogP) is 3.57. The number of carbonyl (C=O) groups is 2. The van der Waals surface area contributed by atoms with E-state index in [0.29, 0.717) is 18.4 Å². The predicted molar refractivity (Wildman–Crippen MR) is 153 cm³/mol. The fraction of sp³-hybridized carbons (Fsp3) is 0.226. The lowest BCUT2D eigenvalue weighted by molar-refractivity contribution is -0.122. The third-order valence-corrected chi connectivity index (χ3v) is 6.55. The first-order chi connectivity index (χ1) is 19.3. The Kier molecular flexibility index (Phi) is 9.53. The van der Waals surface area contributed by atoms with Crippen molar-refractivity contribution < 1.29 is 14.0 Å². The van der Waals surface area contributed by atoms with Crippen molar-refractivity contribution in [3.8, 4) is 11.4 Å². The van der Waals surface area contributed by atoms with Crippen molar-refractivity contribution in [3.63, 3.8) is 0 Å². The van der Waals surface area contributed by atoms with Crippen LogP contribution in [0, 0.1) is 5.82 Å². The Bertz CT molecular complexity index is 1450. The number of anilines is 1. The minimum atomic E-state index is -0.594. The molecule has 4 rings (SSSR count). The molecule has 0 saturated carbocycles. The number of hydrogen-bond acceptors (Lipinski definition) is 5. The molecule has 1 aromatic heterocycles. The summed E-state index contributed by atoms with van der Waals surface area (Å²) in [4.78, 5) is 43.8. The first-order valence-electron chi connectivity index (χ1n) is 13.0. The van der Waals surface area contributed by atoms with E-state index in [2.05, 4.69) is 20.9 Å². The molecule has 206 valence electrons. The van der Waals surface area contributed by atoms with Crippen LogP contribution in [0.15, 0.2) is 95.9 Å². The molecule has 3 N–H and O–H groups in total. The van der Waals surface area contributed by atoms with Crippen LogP contribution in [-0.4, -0.2) is 40.5 Å². The van der Waals surface area contributed by atoms with E-state index in [9.17, 15) is 18.8 Å². The average Bonchev–Trinajstić information content (AvgIpc) is 2.96. The molecule has 2 amide bonds. The average molecular weight is 542 g/mol. The van der Waals surface area contributed by atoms with Gasteiger partial charge in [0, 0.05) is 11.6 Å². The molecule has 0 fully saturated rings. The van der Waals surface area contributed by atoms with Crippen LogP contribution in [0.5, 0.6) is 0 Å². The standard InChI is InChI=1S/C31H32FN5O3/c1-21(33-2)30(39)36-27-19-34-29(24-13-15-25(32)16-14-24)37(31(27)40)20-28(38)35-26(17-22-9-5-3-6-10-22)18-23-11-7-4-8-12-23/h3-16,19,21,26,33H,17-18,20H2,1-2H3,(H,35,38)(H,36,39). The number of benzene rings is 3. The molecule has 9 heteroatoms. The molecule has 1 unspecified atom stereocenters. The summed E-state index contributed by atoms with van der Waals surface area (Å²) in [5, 5.41) is 8.48. The first-order valence-corrected chi connectivity index (χ1v) is 13.0. The van der Waals surface area contributed by atoms with Crippen molar-refractivity contribution in [2.75, 3.05) is 12.4 Å². The molecule has 1 heterocycles. The second-order valence-corrected chi connectivity index (χ2v) is 9.54. The van der Waals surface area contributed by atoms with E-state index in [-0.39, 0.29) is 24.1 Å². The van der Waals surface area contributed by atoms with Gasteiger partial charge < -0.3 is 16.0 Å². The molecule has 8 nitrogen and oxygen atoms in total. The van der Waals surface area contributed by atoms with Gasteiger partial charge in [-0.1, -0.05) is 60.7 Å². The minimum Gasteiger partial charge on any atom is -0.351 e. The van der Waals surface area contributed by atoms with Gasteiger partial charge in [-0.15, -0.1) is 0 Å². The van der Waals surface area contributed by atoms with Gasteiger partial charge in [0.2, 0.25) is 11.8 Å². The van der Waals surface area contributed by atoms with Gasteiger partial charge in [-0.2, -0.15) is 0 Å². The molecule has 0 bridgehead atoms. The highest BCUT2D eigenvalue weighted by atomic mass is 19.1. The third kappa shape index (κ3) is 7.48. The maximum Gasteiger partial charge on any atom is 0.278 e. The normalized spacial score (nSPS) is 11.7. The highest BCUT2D eigenvalue weighted by Gasteiger charge is 2.20. The van der Waals surface area contributed by atoms with Crippen molar-refractivity contribution in [1.82, 2.24) is 20.2 Å². The Hall–Kier alpha value is -4.63. The molecule has 1 atom stereocenters. The lowest BCUT2D eigenvalue weighted by Gasteiger charge is -2.21. The van der Waals surface area contributed by atoms with Crippen molar-refractivity contribution in [2.24, 2.45) is 0 Å². The molecule has 0 aliphatic rings. The largest absolute Gasteiger partial charge is 0.351 e. The number of rotatable bonds is 11. The smallest absolute Gasteiger partial charge is 0.278 e. The molecule has 0 spiro atoms. The Morgan fingerprint density at radius 1 is 0.900 bits per heavy atom. The molecular formula is C31H32FN5O3.